The highest BCUT2D eigenvalue weighted by Gasteiger charge is 1.98. The lowest BCUT2D eigenvalue weighted by molar-refractivity contribution is 0.308. The van der Waals surface area contributed by atoms with Gasteiger partial charge < -0.3 is 0 Å². The Hall–Kier alpha value is -0.540. The van der Waals surface area contributed by atoms with Crippen LogP contribution in [0, 0.1) is 0 Å². The Labute approximate surface area is 70.3 Å². The van der Waals surface area contributed by atoms with Crippen LogP contribution in [0.2, 0.25) is 0 Å². The van der Waals surface area contributed by atoms with E-state index in [2.05, 4.69) is 13.8 Å². The van der Waals surface area contributed by atoms with Gasteiger partial charge in [0, 0.05) is 0 Å². The molecule has 0 amide bonds. The number of hydrogen-bond donors (Lipinski definition) is 0. The summed E-state index contributed by atoms with van der Waals surface area (Å²) in [6.07, 6.45) is -0.278. The lowest BCUT2D eigenvalue weighted by Gasteiger charge is -1.86. The van der Waals surface area contributed by atoms with E-state index in [1.54, 1.807) is 0 Å². The molecule has 0 atom stereocenters. The van der Waals surface area contributed by atoms with Crippen molar-refractivity contribution in [3.8, 4) is 0 Å². The van der Waals surface area contributed by atoms with Crippen molar-refractivity contribution in [3.63, 3.8) is 0 Å². The zero-order valence-electron chi connectivity index (χ0n) is 7.34. The van der Waals surface area contributed by atoms with E-state index in [4.69, 9.17) is 0 Å². The molecule has 0 N–H and O–H groups in total. The van der Waals surface area contributed by atoms with Gasteiger partial charge in [0.05, 0.1) is 0 Å². The summed E-state index contributed by atoms with van der Waals surface area (Å²) in [5, 5.41) is 0. The van der Waals surface area contributed by atoms with Gasteiger partial charge in [-0.3, -0.25) is 0 Å². The molecule has 0 aliphatic rings. The lowest BCUT2D eigenvalue weighted by atomic mass is 10.2. The topological polar surface area (TPSA) is 0 Å². The number of rotatable bonds is 3. The van der Waals surface area contributed by atoms with Gasteiger partial charge in [-0.15, -0.1) is 0 Å². The van der Waals surface area contributed by atoms with Gasteiger partial charge in [0.1, 0.15) is 0 Å². The van der Waals surface area contributed by atoms with E-state index < -0.39 is 12.2 Å². The molecule has 0 aromatic rings. The minimum atomic E-state index is -2.91. The van der Waals surface area contributed by atoms with Crippen molar-refractivity contribution in [1.82, 2.24) is 0 Å². The molecular formula is C8H14F4. The van der Waals surface area contributed by atoms with E-state index in [0.717, 1.165) is 0 Å². The summed E-state index contributed by atoms with van der Waals surface area (Å²) < 4.78 is 41.1. The third kappa shape index (κ3) is 16.2. The van der Waals surface area contributed by atoms with Crippen molar-refractivity contribution < 1.29 is 17.6 Å². The first-order valence-electron chi connectivity index (χ1n) is 3.92. The van der Waals surface area contributed by atoms with E-state index in [9.17, 15) is 17.6 Å². The maximum atomic E-state index is 10.3. The van der Waals surface area contributed by atoms with Gasteiger partial charge in [-0.2, -0.15) is 17.6 Å². The number of hydrogen-bond acceptors (Lipinski definition) is 0. The predicted octanol–water partition coefficient (Wildman–Crippen LogP) is 4.58. The molecule has 74 valence electrons. The summed E-state index contributed by atoms with van der Waals surface area (Å²) in [5.74, 6) is 0. The molecule has 4 heteroatoms. The van der Waals surface area contributed by atoms with Crippen LogP contribution >= 0.6 is 0 Å². The van der Waals surface area contributed by atoms with Crippen molar-refractivity contribution in [2.75, 3.05) is 0 Å². The highest BCUT2D eigenvalue weighted by molar-refractivity contribution is 4.77. The fraction of sp³-hybridized carbons (Fsp3) is 0.750. The monoisotopic (exact) mass is 186 g/mol. The van der Waals surface area contributed by atoms with Crippen LogP contribution in [0.1, 0.15) is 39.5 Å². The number of unbranched alkanes of at least 4 members (excludes halogenated alkanes) is 3. The van der Waals surface area contributed by atoms with E-state index >= 15 is 0 Å². The van der Waals surface area contributed by atoms with Gasteiger partial charge in [0.15, 0.2) is 0 Å². The summed E-state index contributed by atoms with van der Waals surface area (Å²) in [6.45, 7) is 4.46. The molecule has 0 aromatic heterocycles. The van der Waals surface area contributed by atoms with Crippen LogP contribution < -0.4 is 0 Å². The molecule has 0 saturated heterocycles. The molecule has 0 nitrogen and oxygen atoms in total. The van der Waals surface area contributed by atoms with Crippen LogP contribution in [0.15, 0.2) is 12.2 Å². The van der Waals surface area contributed by atoms with Crippen LogP contribution in [-0.2, 0) is 0 Å². The Morgan fingerprint density at radius 2 is 1.00 bits per heavy atom. The minimum Gasteiger partial charge on any atom is -0.167 e. The molecule has 0 aliphatic carbocycles. The van der Waals surface area contributed by atoms with Crippen molar-refractivity contribution in [2.45, 2.75) is 39.5 Å². The second-order valence-electron chi connectivity index (χ2n) is 2.23. The Morgan fingerprint density at radius 1 is 0.750 bits per heavy atom. The molecule has 0 aliphatic heterocycles. The van der Waals surface area contributed by atoms with Crippen molar-refractivity contribution in [1.29, 1.82) is 0 Å². The van der Waals surface area contributed by atoms with Gasteiger partial charge in [-0.1, -0.05) is 39.5 Å². The molecule has 0 heterocycles. The van der Waals surface area contributed by atoms with E-state index in [-0.39, 0.29) is 0 Å². The predicted molar refractivity (Wildman–Crippen MR) is 41.3 cm³/mol. The zero-order valence-corrected chi connectivity index (χ0v) is 7.34. The van der Waals surface area contributed by atoms with E-state index in [1.807, 2.05) is 0 Å². The second kappa shape index (κ2) is 10.5. The summed E-state index contributed by atoms with van der Waals surface area (Å²) in [4.78, 5) is 0. The molecule has 0 aromatic carbocycles. The van der Waals surface area contributed by atoms with Crippen LogP contribution in [0.25, 0.3) is 0 Å². The molecule has 0 bridgehead atoms. The molecular weight excluding hydrogens is 172 g/mol. The van der Waals surface area contributed by atoms with E-state index in [0.29, 0.717) is 0 Å². The van der Waals surface area contributed by atoms with Gasteiger partial charge in [-0.05, 0) is 0 Å². The Kier molecular flexibility index (Phi) is 12.2. The van der Waals surface area contributed by atoms with Crippen LogP contribution in [0.5, 0.6) is 0 Å². The third-order valence-electron chi connectivity index (χ3n) is 1.10. The van der Waals surface area contributed by atoms with Crippen LogP contribution in [0.4, 0.5) is 17.6 Å². The summed E-state index contributed by atoms with van der Waals surface area (Å²) in [5.41, 5.74) is 0. The maximum Gasteiger partial charge on any atom is 0.334 e. The number of halogens is 4. The second-order valence-corrected chi connectivity index (χ2v) is 2.23. The molecule has 12 heavy (non-hydrogen) atoms. The summed E-state index contributed by atoms with van der Waals surface area (Å²) in [7, 11) is 0. The van der Waals surface area contributed by atoms with Gasteiger partial charge in [-0.25, -0.2) is 0 Å². The highest BCUT2D eigenvalue weighted by atomic mass is 19.3. The summed E-state index contributed by atoms with van der Waals surface area (Å²) in [6, 6.07) is 0. The van der Waals surface area contributed by atoms with E-state index in [1.165, 1.54) is 25.7 Å². The van der Waals surface area contributed by atoms with Gasteiger partial charge >= 0.3 is 12.2 Å². The molecule has 0 rings (SSSR count). The SMILES string of the molecule is CCCCCC.FC(F)=C(F)F. The Bertz CT molecular complexity index is 98.2. The normalized spacial score (nSPS) is 8.50. The molecule has 0 radical (unpaired) electrons. The van der Waals surface area contributed by atoms with Crippen molar-refractivity contribution in [3.05, 3.63) is 12.2 Å². The summed E-state index contributed by atoms with van der Waals surface area (Å²) >= 11 is 0. The first-order chi connectivity index (χ1) is 5.56. The van der Waals surface area contributed by atoms with Crippen molar-refractivity contribution in [2.24, 2.45) is 0 Å². The molecule has 0 spiro atoms. The quantitative estimate of drug-likeness (QED) is 0.447. The van der Waals surface area contributed by atoms with Crippen molar-refractivity contribution >= 4 is 0 Å². The largest absolute Gasteiger partial charge is 0.334 e. The minimum absolute atomic E-state index is 1.36. The smallest absolute Gasteiger partial charge is 0.167 e. The molecule has 0 fully saturated rings. The average molecular weight is 186 g/mol. The maximum absolute atomic E-state index is 10.3. The zero-order chi connectivity index (χ0) is 9.98. The standard InChI is InChI=1S/C6H14.C2F4/c1-3-5-6-4-2;3-1(4)2(5)6/h3-6H2,1-2H3;. The van der Waals surface area contributed by atoms with Crippen LogP contribution in [0.3, 0.4) is 0 Å². The van der Waals surface area contributed by atoms with Crippen LogP contribution in [-0.4, -0.2) is 0 Å². The Morgan fingerprint density at radius 3 is 1.08 bits per heavy atom. The van der Waals surface area contributed by atoms with Gasteiger partial charge in [0.25, 0.3) is 0 Å². The fourth-order valence-corrected chi connectivity index (χ4v) is 0.500. The first-order valence-corrected chi connectivity index (χ1v) is 3.92. The average Bonchev–Trinajstić information content (AvgIpc) is 2.02. The molecule has 0 saturated carbocycles. The fourth-order valence-electron chi connectivity index (χ4n) is 0.500. The third-order valence-corrected chi connectivity index (χ3v) is 1.10. The first kappa shape index (κ1) is 14.0. The molecule has 0 unspecified atom stereocenters. The highest BCUT2D eigenvalue weighted by Crippen LogP contribution is 2.08. The lowest BCUT2D eigenvalue weighted by Crippen LogP contribution is -1.66. The Balaban J connectivity index is 0. The van der Waals surface area contributed by atoms with Gasteiger partial charge in [0.2, 0.25) is 0 Å².